The third kappa shape index (κ3) is 6.40. The van der Waals surface area contributed by atoms with Crippen LogP contribution in [0.5, 0.6) is 0 Å². The molecule has 1 aromatic carbocycles. The lowest BCUT2D eigenvalue weighted by Crippen LogP contribution is -2.51. The van der Waals surface area contributed by atoms with Crippen LogP contribution < -0.4 is 4.72 Å². The van der Waals surface area contributed by atoms with E-state index < -0.39 is 32.2 Å². The van der Waals surface area contributed by atoms with Crippen LogP contribution in [-0.4, -0.2) is 69.2 Å². The van der Waals surface area contributed by atoms with Gasteiger partial charge in [-0.25, -0.2) is 26.7 Å². The van der Waals surface area contributed by atoms with E-state index in [1.54, 1.807) is 25.7 Å². The molecule has 1 N–H and O–H groups in total. The summed E-state index contributed by atoms with van der Waals surface area (Å²) in [6.45, 7) is 7.91. The fraction of sp³-hybridized carbons (Fsp3) is 0.588. The molecule has 0 aliphatic carbocycles. The quantitative estimate of drug-likeness (QED) is 0.808. The van der Waals surface area contributed by atoms with Crippen LogP contribution in [-0.2, 0) is 14.8 Å². The van der Waals surface area contributed by atoms with E-state index in [0.717, 1.165) is 12.1 Å². The van der Waals surface area contributed by atoms with E-state index in [2.05, 4.69) is 4.72 Å². The minimum Gasteiger partial charge on any atom is -0.444 e. The number of hydrogen-bond acceptors (Lipinski definition) is 5. The third-order valence-electron chi connectivity index (χ3n) is 3.93. The second-order valence-corrected chi connectivity index (χ2v) is 9.02. The first-order valence-corrected chi connectivity index (χ1v) is 10.1. The van der Waals surface area contributed by atoms with Crippen molar-refractivity contribution < 1.29 is 26.7 Å². The van der Waals surface area contributed by atoms with Gasteiger partial charge in [0.05, 0.1) is 0 Å². The maximum Gasteiger partial charge on any atom is 0.410 e. The van der Waals surface area contributed by atoms with Crippen LogP contribution in [0.3, 0.4) is 0 Å². The molecule has 1 aliphatic heterocycles. The van der Waals surface area contributed by atoms with Gasteiger partial charge >= 0.3 is 6.09 Å². The molecular formula is C17H25F2N3O4S. The second-order valence-electron chi connectivity index (χ2n) is 7.28. The van der Waals surface area contributed by atoms with Gasteiger partial charge in [0.1, 0.15) is 22.1 Å². The molecule has 0 unspecified atom stereocenters. The van der Waals surface area contributed by atoms with Gasteiger partial charge in [-0.05, 0) is 39.0 Å². The SMILES string of the molecule is CC(C)(C)OC(=O)N1CCN(CCNS(=O)(=O)c2cc(F)ccc2F)CC1. The highest BCUT2D eigenvalue weighted by Crippen LogP contribution is 2.15. The first-order valence-electron chi connectivity index (χ1n) is 8.63. The average molecular weight is 405 g/mol. The van der Waals surface area contributed by atoms with Gasteiger partial charge in [-0.1, -0.05) is 0 Å². The summed E-state index contributed by atoms with van der Waals surface area (Å²) in [4.78, 5) is 14.9. The van der Waals surface area contributed by atoms with Gasteiger partial charge in [0.2, 0.25) is 10.0 Å². The molecule has 27 heavy (non-hydrogen) atoms. The van der Waals surface area contributed by atoms with E-state index in [1.807, 2.05) is 4.90 Å². The van der Waals surface area contributed by atoms with Crippen molar-refractivity contribution in [2.75, 3.05) is 39.3 Å². The average Bonchev–Trinajstić information content (AvgIpc) is 2.56. The molecule has 1 amide bonds. The third-order valence-corrected chi connectivity index (χ3v) is 5.40. The van der Waals surface area contributed by atoms with Crippen LogP contribution in [0.4, 0.5) is 13.6 Å². The van der Waals surface area contributed by atoms with Crippen molar-refractivity contribution in [2.45, 2.75) is 31.3 Å². The Morgan fingerprint density at radius 1 is 1.19 bits per heavy atom. The maximum absolute atomic E-state index is 13.6. The molecule has 2 rings (SSSR count). The first kappa shape index (κ1) is 21.5. The Balaban J connectivity index is 1.80. The summed E-state index contributed by atoms with van der Waals surface area (Å²) < 4.78 is 58.6. The lowest BCUT2D eigenvalue weighted by Gasteiger charge is -2.35. The zero-order valence-corrected chi connectivity index (χ0v) is 16.5. The van der Waals surface area contributed by atoms with Crippen molar-refractivity contribution in [1.82, 2.24) is 14.5 Å². The molecule has 1 heterocycles. The van der Waals surface area contributed by atoms with Crippen molar-refractivity contribution in [2.24, 2.45) is 0 Å². The Morgan fingerprint density at radius 2 is 1.81 bits per heavy atom. The summed E-state index contributed by atoms with van der Waals surface area (Å²) in [6, 6.07) is 2.29. The van der Waals surface area contributed by atoms with Gasteiger partial charge < -0.3 is 9.64 Å². The highest BCUT2D eigenvalue weighted by atomic mass is 32.2. The number of halogens is 2. The molecule has 0 radical (unpaired) electrons. The number of hydrogen-bond donors (Lipinski definition) is 1. The van der Waals surface area contributed by atoms with E-state index in [4.69, 9.17) is 4.74 Å². The summed E-state index contributed by atoms with van der Waals surface area (Å²) >= 11 is 0. The zero-order valence-electron chi connectivity index (χ0n) is 15.7. The Labute approximate surface area is 158 Å². The van der Waals surface area contributed by atoms with E-state index in [-0.39, 0.29) is 12.6 Å². The topological polar surface area (TPSA) is 79.0 Å². The molecule has 0 spiro atoms. The number of carbonyl (C=O) groups is 1. The van der Waals surface area contributed by atoms with Crippen molar-refractivity contribution in [3.8, 4) is 0 Å². The fourth-order valence-corrected chi connectivity index (χ4v) is 3.69. The van der Waals surface area contributed by atoms with Gasteiger partial charge in [0.25, 0.3) is 0 Å². The van der Waals surface area contributed by atoms with Crippen LogP contribution in [0.2, 0.25) is 0 Å². The maximum atomic E-state index is 13.6. The van der Waals surface area contributed by atoms with E-state index in [0.29, 0.717) is 38.8 Å². The minimum absolute atomic E-state index is 0.0464. The van der Waals surface area contributed by atoms with E-state index in [9.17, 15) is 22.0 Å². The lowest BCUT2D eigenvalue weighted by atomic mass is 10.2. The first-order chi connectivity index (χ1) is 12.5. The largest absolute Gasteiger partial charge is 0.444 e. The number of carbonyl (C=O) groups excluding carboxylic acids is 1. The lowest BCUT2D eigenvalue weighted by molar-refractivity contribution is 0.0147. The van der Waals surface area contributed by atoms with Crippen LogP contribution in [0.1, 0.15) is 20.8 Å². The van der Waals surface area contributed by atoms with Crippen LogP contribution in [0.25, 0.3) is 0 Å². The molecule has 0 atom stereocenters. The predicted octanol–water partition coefficient (Wildman–Crippen LogP) is 1.80. The van der Waals surface area contributed by atoms with Crippen molar-refractivity contribution in [3.63, 3.8) is 0 Å². The number of ether oxygens (including phenoxy) is 1. The number of piperazine rings is 1. The van der Waals surface area contributed by atoms with E-state index in [1.165, 1.54) is 0 Å². The van der Waals surface area contributed by atoms with Gasteiger partial charge in [-0.15, -0.1) is 0 Å². The summed E-state index contributed by atoms with van der Waals surface area (Å²) in [5.41, 5.74) is -0.557. The number of rotatable bonds is 5. The molecule has 0 aromatic heterocycles. The van der Waals surface area contributed by atoms with Crippen LogP contribution >= 0.6 is 0 Å². The Kier molecular flexibility index (Phi) is 6.77. The summed E-state index contributed by atoms with van der Waals surface area (Å²) in [5, 5.41) is 0. The van der Waals surface area contributed by atoms with Crippen molar-refractivity contribution >= 4 is 16.1 Å². The molecule has 1 aromatic rings. The molecule has 1 fully saturated rings. The Morgan fingerprint density at radius 3 is 2.41 bits per heavy atom. The van der Waals surface area contributed by atoms with Crippen molar-refractivity contribution in [3.05, 3.63) is 29.8 Å². The number of amides is 1. The van der Waals surface area contributed by atoms with Gasteiger partial charge in [-0.2, -0.15) is 0 Å². The van der Waals surface area contributed by atoms with Gasteiger partial charge in [-0.3, -0.25) is 4.90 Å². The molecule has 7 nitrogen and oxygen atoms in total. The minimum atomic E-state index is -4.13. The van der Waals surface area contributed by atoms with E-state index >= 15 is 0 Å². The summed E-state index contributed by atoms with van der Waals surface area (Å²) in [7, 11) is -4.13. The zero-order chi connectivity index (χ0) is 20.2. The van der Waals surface area contributed by atoms with Gasteiger partial charge in [0, 0.05) is 39.3 Å². The molecule has 152 valence electrons. The highest BCUT2D eigenvalue weighted by Gasteiger charge is 2.26. The molecule has 1 saturated heterocycles. The Bertz CT molecular complexity index is 773. The fourth-order valence-electron chi connectivity index (χ4n) is 2.58. The standard InChI is InChI=1S/C17H25F2N3O4S/c1-17(2,3)26-16(23)22-10-8-21(9-11-22)7-6-20-27(24,25)15-12-13(18)4-5-14(15)19/h4-5,12,20H,6-11H2,1-3H3. The highest BCUT2D eigenvalue weighted by molar-refractivity contribution is 7.89. The smallest absolute Gasteiger partial charge is 0.410 e. The molecule has 0 bridgehead atoms. The number of nitrogens with zero attached hydrogens (tertiary/aromatic N) is 2. The Hall–Kier alpha value is -1.78. The number of benzene rings is 1. The number of sulfonamides is 1. The summed E-state index contributed by atoms with van der Waals surface area (Å²) in [6.07, 6.45) is -0.371. The monoisotopic (exact) mass is 405 g/mol. The summed E-state index contributed by atoms with van der Waals surface area (Å²) in [5.74, 6) is -1.83. The predicted molar refractivity (Wildman–Crippen MR) is 95.8 cm³/mol. The second kappa shape index (κ2) is 8.49. The van der Waals surface area contributed by atoms with Crippen LogP contribution in [0, 0.1) is 11.6 Å². The van der Waals surface area contributed by atoms with Gasteiger partial charge in [0.15, 0.2) is 0 Å². The molecule has 0 saturated carbocycles. The molecule has 10 heteroatoms. The van der Waals surface area contributed by atoms with Crippen molar-refractivity contribution in [1.29, 1.82) is 0 Å². The molecular weight excluding hydrogens is 380 g/mol. The normalized spacial score (nSPS) is 16.4. The van der Waals surface area contributed by atoms with Crippen LogP contribution in [0.15, 0.2) is 23.1 Å². The number of nitrogens with one attached hydrogen (secondary N) is 1. The molecule has 1 aliphatic rings.